The van der Waals surface area contributed by atoms with Gasteiger partial charge in [-0.3, -0.25) is 10.1 Å². The highest BCUT2D eigenvalue weighted by Gasteiger charge is 2.22. The van der Waals surface area contributed by atoms with Gasteiger partial charge in [0.1, 0.15) is 11.7 Å². The second-order valence-electron chi connectivity index (χ2n) is 6.23. The van der Waals surface area contributed by atoms with Crippen LogP contribution in [0.4, 0.5) is 10.5 Å². The maximum Gasteiger partial charge on any atom is 0.407 e. The summed E-state index contributed by atoms with van der Waals surface area (Å²) in [6.45, 7) is 5.21. The van der Waals surface area contributed by atoms with Gasteiger partial charge in [0, 0.05) is 12.6 Å². The first kappa shape index (κ1) is 19.7. The van der Waals surface area contributed by atoms with Crippen molar-refractivity contribution in [3.63, 3.8) is 0 Å². The summed E-state index contributed by atoms with van der Waals surface area (Å²) in [5.74, 6) is -0.601. The zero-order valence-corrected chi connectivity index (χ0v) is 13.7. The SMILES string of the molecule is CC(C)(C)OC(=O)NCCC(O)C(O)c1ccc([N+](=O)[O-])c(O)c1. The number of rotatable bonds is 6. The summed E-state index contributed by atoms with van der Waals surface area (Å²) in [6, 6.07) is 3.31. The van der Waals surface area contributed by atoms with Crippen molar-refractivity contribution in [3.8, 4) is 5.75 Å². The van der Waals surface area contributed by atoms with Crippen LogP contribution in [0.2, 0.25) is 0 Å². The summed E-state index contributed by atoms with van der Waals surface area (Å²) < 4.78 is 5.02. The highest BCUT2D eigenvalue weighted by Crippen LogP contribution is 2.30. The lowest BCUT2D eigenvalue weighted by atomic mass is 10.0. The van der Waals surface area contributed by atoms with Crippen LogP contribution >= 0.6 is 0 Å². The Labute approximate surface area is 139 Å². The average Bonchev–Trinajstić information content (AvgIpc) is 2.43. The number of ether oxygens (including phenoxy) is 1. The molecule has 0 spiro atoms. The normalized spacial score (nSPS) is 13.9. The van der Waals surface area contributed by atoms with Crippen molar-refractivity contribution in [1.82, 2.24) is 5.32 Å². The molecule has 0 saturated carbocycles. The number of phenols is 1. The number of nitro benzene ring substituents is 1. The Morgan fingerprint density at radius 2 is 2.00 bits per heavy atom. The molecule has 1 aromatic carbocycles. The number of carbonyl (C=O) groups is 1. The number of benzene rings is 1. The molecule has 1 amide bonds. The minimum atomic E-state index is -1.36. The number of alkyl carbamates (subject to hydrolysis) is 1. The number of nitro groups is 1. The third-order valence-corrected chi connectivity index (χ3v) is 3.01. The van der Waals surface area contributed by atoms with Gasteiger partial charge in [-0.2, -0.15) is 0 Å². The van der Waals surface area contributed by atoms with E-state index in [4.69, 9.17) is 4.74 Å². The number of nitrogens with one attached hydrogen (secondary N) is 1. The highest BCUT2D eigenvalue weighted by molar-refractivity contribution is 5.67. The number of hydrogen-bond donors (Lipinski definition) is 4. The Morgan fingerprint density at radius 1 is 1.38 bits per heavy atom. The molecule has 0 fully saturated rings. The summed E-state index contributed by atoms with van der Waals surface area (Å²) in [5.41, 5.74) is -1.01. The van der Waals surface area contributed by atoms with E-state index in [1.165, 1.54) is 6.07 Å². The molecule has 1 aromatic rings. The monoisotopic (exact) mass is 342 g/mol. The van der Waals surface area contributed by atoms with E-state index >= 15 is 0 Å². The van der Waals surface area contributed by atoms with E-state index in [2.05, 4.69) is 5.32 Å². The van der Waals surface area contributed by atoms with Crippen LogP contribution in [0.1, 0.15) is 38.9 Å². The van der Waals surface area contributed by atoms with E-state index in [9.17, 15) is 30.2 Å². The molecule has 9 heteroatoms. The quantitative estimate of drug-likeness (QED) is 0.454. The zero-order chi connectivity index (χ0) is 18.5. The summed E-state index contributed by atoms with van der Waals surface area (Å²) in [4.78, 5) is 21.3. The first-order valence-corrected chi connectivity index (χ1v) is 7.31. The third-order valence-electron chi connectivity index (χ3n) is 3.01. The second kappa shape index (κ2) is 7.93. The standard InChI is InChI=1S/C15H22N2O7/c1-15(2,3)24-14(21)16-7-6-11(18)13(20)9-4-5-10(17(22)23)12(19)8-9/h4-5,8,11,13,18-20H,6-7H2,1-3H3,(H,16,21). The predicted molar refractivity (Wildman–Crippen MR) is 84.6 cm³/mol. The fourth-order valence-electron chi connectivity index (χ4n) is 1.90. The van der Waals surface area contributed by atoms with Crippen molar-refractivity contribution in [3.05, 3.63) is 33.9 Å². The Morgan fingerprint density at radius 3 is 2.50 bits per heavy atom. The largest absolute Gasteiger partial charge is 0.502 e. The molecule has 2 atom stereocenters. The number of nitrogens with zero attached hydrogens (tertiary/aromatic N) is 1. The van der Waals surface area contributed by atoms with Crippen LogP contribution in [-0.4, -0.2) is 44.6 Å². The number of aliphatic hydroxyl groups is 2. The van der Waals surface area contributed by atoms with Gasteiger partial charge in [0.05, 0.1) is 11.0 Å². The van der Waals surface area contributed by atoms with Crippen LogP contribution in [0.5, 0.6) is 5.75 Å². The zero-order valence-electron chi connectivity index (χ0n) is 13.7. The molecular weight excluding hydrogens is 320 g/mol. The van der Waals surface area contributed by atoms with Crippen molar-refractivity contribution < 1.29 is 29.8 Å². The van der Waals surface area contributed by atoms with Gasteiger partial charge < -0.3 is 25.4 Å². The van der Waals surface area contributed by atoms with Crippen LogP contribution < -0.4 is 5.32 Å². The molecule has 0 aliphatic rings. The summed E-state index contributed by atoms with van der Waals surface area (Å²) in [5, 5.41) is 42.6. The maximum atomic E-state index is 11.5. The highest BCUT2D eigenvalue weighted by atomic mass is 16.6. The van der Waals surface area contributed by atoms with Crippen LogP contribution in [-0.2, 0) is 4.74 Å². The first-order chi connectivity index (χ1) is 11.0. The average molecular weight is 342 g/mol. The van der Waals surface area contributed by atoms with Crippen LogP contribution in [0.3, 0.4) is 0 Å². The van der Waals surface area contributed by atoms with Gasteiger partial charge in [-0.05, 0) is 44.9 Å². The Kier molecular flexibility index (Phi) is 6.50. The fourth-order valence-corrected chi connectivity index (χ4v) is 1.90. The fraction of sp³-hybridized carbons (Fsp3) is 0.533. The summed E-state index contributed by atoms with van der Waals surface area (Å²) >= 11 is 0. The van der Waals surface area contributed by atoms with Crippen molar-refractivity contribution in [2.24, 2.45) is 0 Å². The molecular formula is C15H22N2O7. The molecule has 2 unspecified atom stereocenters. The summed E-state index contributed by atoms with van der Waals surface area (Å²) in [6.07, 6.45) is -3.21. The van der Waals surface area contributed by atoms with Gasteiger partial charge in [0.2, 0.25) is 0 Å². The Balaban J connectivity index is 2.56. The third kappa shape index (κ3) is 6.01. The van der Waals surface area contributed by atoms with Gasteiger partial charge in [-0.15, -0.1) is 0 Å². The molecule has 0 radical (unpaired) electrons. The smallest absolute Gasteiger partial charge is 0.407 e. The second-order valence-corrected chi connectivity index (χ2v) is 6.23. The van der Waals surface area contributed by atoms with E-state index < -0.39 is 40.3 Å². The van der Waals surface area contributed by atoms with Crippen molar-refractivity contribution >= 4 is 11.8 Å². The number of carbonyl (C=O) groups excluding carboxylic acids is 1. The maximum absolute atomic E-state index is 11.5. The van der Waals surface area contributed by atoms with Crippen molar-refractivity contribution in [2.75, 3.05) is 6.54 Å². The number of aliphatic hydroxyl groups excluding tert-OH is 2. The van der Waals surface area contributed by atoms with Gasteiger partial charge in [-0.1, -0.05) is 0 Å². The molecule has 134 valence electrons. The number of hydrogen-bond acceptors (Lipinski definition) is 7. The molecule has 0 saturated heterocycles. The number of amides is 1. The minimum absolute atomic E-state index is 0.0260. The van der Waals surface area contributed by atoms with E-state index in [0.29, 0.717) is 0 Å². The van der Waals surface area contributed by atoms with Crippen molar-refractivity contribution in [2.45, 2.75) is 45.0 Å². The molecule has 0 aromatic heterocycles. The van der Waals surface area contributed by atoms with Gasteiger partial charge in [0.25, 0.3) is 0 Å². The molecule has 0 bridgehead atoms. The Hall–Kier alpha value is -2.39. The number of phenolic OH excluding ortho intramolecular Hbond substituents is 1. The minimum Gasteiger partial charge on any atom is -0.502 e. The van der Waals surface area contributed by atoms with Gasteiger partial charge >= 0.3 is 11.8 Å². The molecule has 0 heterocycles. The van der Waals surface area contributed by atoms with E-state index in [-0.39, 0.29) is 18.5 Å². The first-order valence-electron chi connectivity index (χ1n) is 7.31. The van der Waals surface area contributed by atoms with Crippen LogP contribution in [0, 0.1) is 10.1 Å². The number of aromatic hydroxyl groups is 1. The van der Waals surface area contributed by atoms with Gasteiger partial charge in [0.15, 0.2) is 5.75 Å². The lowest BCUT2D eigenvalue weighted by Crippen LogP contribution is -2.34. The van der Waals surface area contributed by atoms with Gasteiger partial charge in [-0.25, -0.2) is 4.79 Å². The molecule has 0 aliphatic carbocycles. The van der Waals surface area contributed by atoms with Crippen LogP contribution in [0.25, 0.3) is 0 Å². The lowest BCUT2D eigenvalue weighted by Gasteiger charge is -2.21. The van der Waals surface area contributed by atoms with E-state index in [1.807, 2.05) is 0 Å². The van der Waals surface area contributed by atoms with Crippen molar-refractivity contribution in [1.29, 1.82) is 0 Å². The summed E-state index contributed by atoms with van der Waals surface area (Å²) in [7, 11) is 0. The predicted octanol–water partition coefficient (Wildman–Crippen LogP) is 1.61. The Bertz CT molecular complexity index is 598. The molecule has 9 nitrogen and oxygen atoms in total. The molecule has 4 N–H and O–H groups in total. The molecule has 24 heavy (non-hydrogen) atoms. The molecule has 0 aliphatic heterocycles. The topological polar surface area (TPSA) is 142 Å². The van der Waals surface area contributed by atoms with E-state index in [0.717, 1.165) is 12.1 Å². The van der Waals surface area contributed by atoms with E-state index in [1.54, 1.807) is 20.8 Å². The lowest BCUT2D eigenvalue weighted by molar-refractivity contribution is -0.385. The van der Waals surface area contributed by atoms with Crippen LogP contribution in [0.15, 0.2) is 18.2 Å². The molecule has 1 rings (SSSR count).